The van der Waals surface area contributed by atoms with Crippen LogP contribution in [0.3, 0.4) is 0 Å². The monoisotopic (exact) mass is 930 g/mol. The summed E-state index contributed by atoms with van der Waals surface area (Å²) in [5.41, 5.74) is 9.97. The molecule has 2 saturated heterocycles. The number of nitrogens with zero attached hydrogens (tertiary/aromatic N) is 7. The molecule has 37 heteroatoms. The number of nitrogens with one attached hydrogen (secondary N) is 1. The summed E-state index contributed by atoms with van der Waals surface area (Å²) >= 11 is 0. The lowest BCUT2D eigenvalue weighted by atomic mass is 10.1. The number of aromatic nitrogens is 8. The third-order valence-corrected chi connectivity index (χ3v) is 14.7. The molecule has 11 atom stereocenters. The number of H-pyrrole nitrogens is 1. The van der Waals surface area contributed by atoms with Gasteiger partial charge >= 0.3 is 38.7 Å². The normalized spacial score (nSPS) is 28.8. The summed E-state index contributed by atoms with van der Waals surface area (Å²) in [5.74, 6) is -2.39. The van der Waals surface area contributed by atoms with E-state index in [1.807, 2.05) is 0 Å². The van der Waals surface area contributed by atoms with Crippen LogP contribution >= 0.6 is 38.7 Å². The minimum Gasteiger partial charge on any atom is -0.386 e. The largest absolute Gasteiger partial charge is 0.476 e. The number of aromatic amines is 1. The van der Waals surface area contributed by atoms with Crippen LogP contribution in [0.2, 0.25) is 0 Å². The van der Waals surface area contributed by atoms with Crippen LogP contribution in [0.25, 0.3) is 22.3 Å². The van der Waals surface area contributed by atoms with E-state index in [9.17, 15) is 62.3 Å². The van der Waals surface area contributed by atoms with Gasteiger partial charge in [0.25, 0.3) is 5.56 Å². The zero-order chi connectivity index (χ0) is 42.7. The molecule has 322 valence electrons. The van der Waals surface area contributed by atoms with Gasteiger partial charge in [0.1, 0.15) is 48.5 Å². The molecule has 4 aromatic heterocycles. The first-order chi connectivity index (χ1) is 26.7. The predicted molar refractivity (Wildman–Crippen MR) is 183 cm³/mol. The maximum Gasteiger partial charge on any atom is 0.476 e. The molecular formula is C21H31N10O22P5. The van der Waals surface area contributed by atoms with Gasteiger partial charge in [0.15, 0.2) is 41.0 Å². The van der Waals surface area contributed by atoms with Crippen molar-refractivity contribution in [3.63, 3.8) is 0 Å². The first kappa shape index (κ1) is 44.6. The molecule has 0 aromatic carbocycles. The van der Waals surface area contributed by atoms with Gasteiger partial charge < -0.3 is 69.9 Å². The van der Waals surface area contributed by atoms with Crippen LogP contribution in [0.15, 0.2) is 23.8 Å². The number of ether oxygens (including phenoxy) is 2. The lowest BCUT2D eigenvalue weighted by Gasteiger charge is -2.25. The van der Waals surface area contributed by atoms with Gasteiger partial charge in [0, 0.05) is 0 Å². The van der Waals surface area contributed by atoms with Crippen molar-refractivity contribution in [2.45, 2.75) is 49.1 Å². The number of hydrogen-bond donors (Lipinski definition) is 12. The van der Waals surface area contributed by atoms with Gasteiger partial charge in [-0.3, -0.25) is 41.6 Å². The Hall–Kier alpha value is -2.99. The summed E-state index contributed by atoms with van der Waals surface area (Å²) in [5, 5.41) is 22.4. The first-order valence-corrected chi connectivity index (χ1v) is 23.6. The minimum atomic E-state index is -5.65. The van der Waals surface area contributed by atoms with Crippen LogP contribution in [-0.4, -0.2) is 139 Å². The summed E-state index contributed by atoms with van der Waals surface area (Å²) in [4.78, 5) is 101. The summed E-state index contributed by atoms with van der Waals surface area (Å²) in [6.07, 6.45) is -12.3. The summed E-state index contributed by atoms with van der Waals surface area (Å²) in [6.45, 7) is -2.40. The number of rotatable bonds is 16. The Labute approximate surface area is 319 Å². The molecule has 2 fully saturated rings. The summed E-state index contributed by atoms with van der Waals surface area (Å²) < 4.78 is 97.7. The van der Waals surface area contributed by atoms with Gasteiger partial charge in [0.05, 0.1) is 25.9 Å². The average molecular weight is 930 g/mol. The number of aliphatic hydroxyl groups excluding tert-OH is 2. The van der Waals surface area contributed by atoms with Crippen molar-refractivity contribution in [1.29, 1.82) is 0 Å². The van der Waals surface area contributed by atoms with E-state index in [0.717, 1.165) is 28.1 Å². The van der Waals surface area contributed by atoms with Crippen LogP contribution in [0, 0.1) is 0 Å². The molecule has 14 N–H and O–H groups in total. The van der Waals surface area contributed by atoms with Crippen molar-refractivity contribution < 1.29 is 99.2 Å². The van der Waals surface area contributed by atoms with Crippen molar-refractivity contribution in [1.82, 2.24) is 39.0 Å². The van der Waals surface area contributed by atoms with Crippen LogP contribution in [0.4, 0.5) is 11.8 Å². The zero-order valence-corrected chi connectivity index (χ0v) is 32.8. The molecule has 2 aliphatic heterocycles. The van der Waals surface area contributed by atoms with Gasteiger partial charge in [-0.15, -0.1) is 0 Å². The van der Waals surface area contributed by atoms with Gasteiger partial charge in [-0.1, -0.05) is 0 Å². The van der Waals surface area contributed by atoms with Crippen molar-refractivity contribution in [3.8, 4) is 0 Å². The van der Waals surface area contributed by atoms with Gasteiger partial charge in [-0.2, -0.15) is 4.98 Å². The highest BCUT2D eigenvalue weighted by Crippen LogP contribution is 2.65. The van der Waals surface area contributed by atoms with E-state index in [1.165, 1.54) is 0 Å². The maximum atomic E-state index is 13.4. The van der Waals surface area contributed by atoms with E-state index in [4.69, 9.17) is 44.3 Å². The van der Waals surface area contributed by atoms with E-state index in [1.54, 1.807) is 0 Å². The molecule has 3 unspecified atom stereocenters. The molecule has 2 aliphatic rings. The number of fused-ring (bicyclic) bond motifs is 2. The van der Waals surface area contributed by atoms with Gasteiger partial charge in [-0.05, 0) is 0 Å². The Kier molecular flexibility index (Phi) is 12.4. The Balaban J connectivity index is 1.23. The lowest BCUT2D eigenvalue weighted by Crippen LogP contribution is -2.37. The number of phosphoric ester groups is 2. The highest BCUT2D eigenvalue weighted by Gasteiger charge is 2.53. The Morgan fingerprint density at radius 2 is 1.28 bits per heavy atom. The second kappa shape index (κ2) is 16.1. The van der Waals surface area contributed by atoms with Crippen molar-refractivity contribution in [3.05, 3.63) is 29.3 Å². The molecule has 0 aliphatic carbocycles. The zero-order valence-electron chi connectivity index (χ0n) is 28.3. The van der Waals surface area contributed by atoms with E-state index in [-0.39, 0.29) is 34.1 Å². The Morgan fingerprint density at radius 3 is 1.86 bits per heavy atom. The third kappa shape index (κ3) is 10.1. The molecule has 6 heterocycles. The molecule has 32 nitrogen and oxygen atoms in total. The Morgan fingerprint density at radius 1 is 0.724 bits per heavy atom. The number of hydrogen-bond acceptors (Lipinski definition) is 22. The lowest BCUT2D eigenvalue weighted by molar-refractivity contribution is -0.0573. The van der Waals surface area contributed by atoms with Crippen molar-refractivity contribution in [2.24, 2.45) is 0 Å². The number of anilines is 2. The van der Waals surface area contributed by atoms with Crippen LogP contribution in [0.5, 0.6) is 0 Å². The van der Waals surface area contributed by atoms with Crippen LogP contribution < -0.4 is 17.0 Å². The van der Waals surface area contributed by atoms with Crippen LogP contribution in [0.1, 0.15) is 12.5 Å². The molecule has 58 heavy (non-hydrogen) atoms. The number of nitrogen functional groups attached to an aromatic ring is 2. The highest BCUT2D eigenvalue weighted by molar-refractivity contribution is 7.74. The number of phosphoric acid groups is 3. The second-order valence-corrected chi connectivity index (χ2v) is 20.3. The fourth-order valence-electron chi connectivity index (χ4n) is 5.77. The second-order valence-electron chi connectivity index (χ2n) is 12.1. The minimum absolute atomic E-state index is 0.00544. The molecule has 0 bridgehead atoms. The number of imidazole rings is 2. The number of aliphatic hydroxyl groups is 2. The topological polar surface area (TPSA) is 491 Å². The maximum absolute atomic E-state index is 13.4. The Bertz CT molecular complexity index is 2490. The van der Waals surface area contributed by atoms with E-state index in [2.05, 4.69) is 38.7 Å². The molecule has 0 radical (unpaired) electrons. The quantitative estimate of drug-likeness (QED) is 0.0501. The molecule has 0 saturated carbocycles. The molecule has 0 spiro atoms. The first-order valence-electron chi connectivity index (χ1n) is 15.5. The average Bonchev–Trinajstić information content (AvgIpc) is 3.82. The van der Waals surface area contributed by atoms with Crippen LogP contribution in [-0.2, 0) is 54.7 Å². The predicted octanol–water partition coefficient (Wildman–Crippen LogP) is -2.93. The summed E-state index contributed by atoms with van der Waals surface area (Å²) in [6, 6.07) is 0. The molecule has 0 amide bonds. The standard InChI is InChI=1S/C21H31N10O22P5/c22-15-9-16(25-3-24-15)30(4-26-9)19-12(33)14(7(49-19)1-47-54(35,36)6-55(37,38)53-57(42,43)44)52-58(45,46)48-2-8-13(51-56(39,40)41)11(32)20(50-8)31-5-27-10-17(31)28-21(23)29-18(10)34/h3-5,7-8,11-14,19-20,32-33H,1-2,6H2,(H,35,36)(H,37,38)(H,45,46)(H2,22,24,25)(H2,39,40,41)(H2,42,43,44)(H3,23,28,29,34)/t7-,8-,11-,12-,13-,14-,19-,20-/m1/s1. The third-order valence-electron chi connectivity index (χ3n) is 7.95. The smallest absolute Gasteiger partial charge is 0.386 e. The molecular weight excluding hydrogens is 899 g/mol. The molecule has 6 rings (SSSR count). The summed E-state index contributed by atoms with van der Waals surface area (Å²) in [7, 11) is -27.5. The van der Waals surface area contributed by atoms with E-state index in [0.29, 0.717) is 0 Å². The van der Waals surface area contributed by atoms with E-state index < -0.39 is 112 Å². The highest BCUT2D eigenvalue weighted by atomic mass is 31.3. The van der Waals surface area contributed by atoms with E-state index >= 15 is 0 Å². The van der Waals surface area contributed by atoms with Gasteiger partial charge in [0.2, 0.25) is 5.95 Å². The molecule has 4 aromatic rings. The van der Waals surface area contributed by atoms with Gasteiger partial charge in [-0.25, -0.2) is 37.9 Å². The fraction of sp³-hybridized carbons (Fsp3) is 0.524. The fourth-order valence-corrected chi connectivity index (χ4v) is 11.8. The van der Waals surface area contributed by atoms with Crippen molar-refractivity contribution >= 4 is 72.8 Å². The van der Waals surface area contributed by atoms with Crippen molar-refractivity contribution in [2.75, 3.05) is 30.6 Å². The SMILES string of the molecule is Nc1nc2c(ncn2[C@@H]2O[C@H](COP(=O)(O)O[C@H]3[C@@H](O)[C@H](n4cnc5c(N)ncnc54)O[C@@H]3COP(=O)(O)CP(=O)(O)OP(=O)(O)O)[C@@H](OP(=O)(O)O)[C@H]2O)c(=O)[nH]1. The number of nitrogens with two attached hydrogens (primary N) is 2.